The molecule has 0 bridgehead atoms. The highest BCUT2D eigenvalue weighted by Crippen LogP contribution is 2.17. The van der Waals surface area contributed by atoms with Crippen LogP contribution in [0, 0.1) is 0 Å². The quantitative estimate of drug-likeness (QED) is 0.795. The van der Waals surface area contributed by atoms with Crippen molar-refractivity contribution < 1.29 is 14.3 Å². The van der Waals surface area contributed by atoms with Crippen molar-refractivity contribution in [3.05, 3.63) is 22.4 Å². The van der Waals surface area contributed by atoms with E-state index in [1.807, 2.05) is 11.4 Å². The van der Waals surface area contributed by atoms with Gasteiger partial charge in [-0.15, -0.1) is 11.3 Å². The van der Waals surface area contributed by atoms with Crippen LogP contribution in [0.2, 0.25) is 0 Å². The van der Waals surface area contributed by atoms with Gasteiger partial charge < -0.3 is 10.5 Å². The Labute approximate surface area is 128 Å². The molecule has 0 aromatic carbocycles. The van der Waals surface area contributed by atoms with E-state index in [9.17, 15) is 9.59 Å². The summed E-state index contributed by atoms with van der Waals surface area (Å²) >= 11 is 1.70. The third-order valence-corrected chi connectivity index (χ3v) is 4.22. The van der Waals surface area contributed by atoms with Gasteiger partial charge in [-0.05, 0) is 24.3 Å². The van der Waals surface area contributed by atoms with Crippen LogP contribution in [0.15, 0.2) is 17.5 Å². The number of nitrogens with two attached hydrogens (primary N) is 1. The average molecular weight is 311 g/mol. The van der Waals surface area contributed by atoms with Crippen molar-refractivity contribution in [3.63, 3.8) is 0 Å². The lowest BCUT2D eigenvalue weighted by Gasteiger charge is -2.24. The molecule has 0 spiro atoms. The van der Waals surface area contributed by atoms with Crippen LogP contribution in [0.3, 0.4) is 0 Å². The minimum Gasteiger partial charge on any atom is -0.377 e. The maximum atomic E-state index is 11.5. The number of primary amides is 1. The first-order valence-electron chi connectivity index (χ1n) is 7.09. The number of nitrogens with zero attached hydrogens (tertiary/aromatic N) is 1. The third-order valence-electron chi connectivity index (χ3n) is 3.36. The monoisotopic (exact) mass is 311 g/mol. The lowest BCUT2D eigenvalue weighted by Crippen LogP contribution is -2.38. The molecule has 21 heavy (non-hydrogen) atoms. The molecular formula is C14H21N3O3S. The summed E-state index contributed by atoms with van der Waals surface area (Å²) in [6.07, 6.45) is 2.65. The number of carbonyl (C=O) groups excluding carboxylic acids is 2. The molecule has 1 aromatic rings. The molecule has 1 aromatic heterocycles. The predicted octanol–water partition coefficient (Wildman–Crippen LogP) is 1.31. The van der Waals surface area contributed by atoms with Gasteiger partial charge in [0.05, 0.1) is 6.10 Å². The highest BCUT2D eigenvalue weighted by Gasteiger charge is 2.20. The molecular weight excluding hydrogens is 290 g/mol. The van der Waals surface area contributed by atoms with Crippen molar-refractivity contribution in [2.24, 2.45) is 5.73 Å². The van der Waals surface area contributed by atoms with E-state index in [0.717, 1.165) is 32.5 Å². The van der Waals surface area contributed by atoms with E-state index in [-0.39, 0.29) is 18.4 Å². The normalized spacial score (nSPS) is 18.0. The molecule has 2 heterocycles. The number of thiophene rings is 1. The molecule has 3 amide bonds. The second-order valence-electron chi connectivity index (χ2n) is 5.11. The van der Waals surface area contributed by atoms with Crippen LogP contribution in [-0.2, 0) is 16.1 Å². The number of ether oxygens (including phenoxy) is 1. The minimum absolute atomic E-state index is 0.240. The fourth-order valence-electron chi connectivity index (χ4n) is 2.39. The standard InChI is InChI=1S/C14H21N3O3S/c15-14(19)16-13(18)5-6-17(9-11-3-1-7-20-11)10-12-4-2-8-21-12/h2,4,8,11H,1,3,5-7,9-10H2,(H3,15,16,18,19)/t11-/m1/s1. The molecule has 1 aliphatic rings. The van der Waals surface area contributed by atoms with E-state index >= 15 is 0 Å². The van der Waals surface area contributed by atoms with Gasteiger partial charge in [-0.3, -0.25) is 15.0 Å². The molecule has 1 saturated heterocycles. The maximum absolute atomic E-state index is 11.5. The summed E-state index contributed by atoms with van der Waals surface area (Å²) < 4.78 is 5.66. The molecule has 7 heteroatoms. The summed E-state index contributed by atoms with van der Waals surface area (Å²) in [7, 11) is 0. The first-order valence-corrected chi connectivity index (χ1v) is 7.97. The van der Waals surface area contributed by atoms with Crippen molar-refractivity contribution in [1.82, 2.24) is 10.2 Å². The van der Waals surface area contributed by atoms with Crippen LogP contribution in [0.1, 0.15) is 24.1 Å². The summed E-state index contributed by atoms with van der Waals surface area (Å²) in [5, 5.41) is 4.14. The SMILES string of the molecule is NC(=O)NC(=O)CCN(Cc1cccs1)C[C@H]1CCCO1. The third kappa shape index (κ3) is 5.82. The van der Waals surface area contributed by atoms with E-state index in [1.54, 1.807) is 11.3 Å². The largest absolute Gasteiger partial charge is 0.377 e. The molecule has 0 radical (unpaired) electrons. The number of nitrogens with one attached hydrogen (secondary N) is 1. The summed E-state index contributed by atoms with van der Waals surface area (Å²) in [5.74, 6) is -0.342. The zero-order valence-electron chi connectivity index (χ0n) is 11.9. The van der Waals surface area contributed by atoms with Gasteiger partial charge in [0.25, 0.3) is 0 Å². The summed E-state index contributed by atoms with van der Waals surface area (Å²) in [5.41, 5.74) is 4.94. The number of hydrogen-bond donors (Lipinski definition) is 2. The van der Waals surface area contributed by atoms with Gasteiger partial charge in [0, 0.05) is 37.5 Å². The molecule has 6 nitrogen and oxygen atoms in total. The first-order chi connectivity index (χ1) is 10.1. The van der Waals surface area contributed by atoms with E-state index < -0.39 is 6.03 Å². The molecule has 1 fully saturated rings. The Kier molecular flexibility index (Phi) is 6.16. The maximum Gasteiger partial charge on any atom is 0.318 e. The second-order valence-corrected chi connectivity index (χ2v) is 6.14. The lowest BCUT2D eigenvalue weighted by atomic mass is 10.2. The van der Waals surface area contributed by atoms with Crippen molar-refractivity contribution in [2.75, 3.05) is 19.7 Å². The highest BCUT2D eigenvalue weighted by molar-refractivity contribution is 7.09. The van der Waals surface area contributed by atoms with Crippen LogP contribution >= 0.6 is 11.3 Å². The average Bonchev–Trinajstić information content (AvgIpc) is 3.08. The number of rotatable bonds is 7. The second kappa shape index (κ2) is 8.11. The van der Waals surface area contributed by atoms with Crippen LogP contribution in [0.25, 0.3) is 0 Å². The number of imide groups is 1. The van der Waals surface area contributed by atoms with Crippen LogP contribution in [0.4, 0.5) is 4.79 Å². The number of amides is 3. The van der Waals surface area contributed by atoms with Crippen LogP contribution in [-0.4, -0.2) is 42.6 Å². The van der Waals surface area contributed by atoms with Crippen molar-refractivity contribution in [2.45, 2.75) is 31.9 Å². The van der Waals surface area contributed by atoms with Gasteiger partial charge in [0.15, 0.2) is 0 Å². The number of carbonyl (C=O) groups is 2. The number of urea groups is 1. The Morgan fingerprint density at radius 2 is 2.38 bits per heavy atom. The van der Waals surface area contributed by atoms with Crippen LogP contribution in [0.5, 0.6) is 0 Å². The molecule has 0 aliphatic carbocycles. The van der Waals surface area contributed by atoms with Gasteiger partial charge in [0.1, 0.15) is 0 Å². The van der Waals surface area contributed by atoms with Gasteiger partial charge in [-0.2, -0.15) is 0 Å². The van der Waals surface area contributed by atoms with Crippen molar-refractivity contribution in [1.29, 1.82) is 0 Å². The van der Waals surface area contributed by atoms with Gasteiger partial charge >= 0.3 is 6.03 Å². The van der Waals surface area contributed by atoms with Gasteiger partial charge in [-0.1, -0.05) is 6.07 Å². The Morgan fingerprint density at radius 3 is 3.00 bits per heavy atom. The molecule has 0 unspecified atom stereocenters. The molecule has 2 rings (SSSR count). The number of hydrogen-bond acceptors (Lipinski definition) is 5. The first kappa shape index (κ1) is 15.9. The van der Waals surface area contributed by atoms with Gasteiger partial charge in [-0.25, -0.2) is 4.79 Å². The molecule has 0 saturated carbocycles. The lowest BCUT2D eigenvalue weighted by molar-refractivity contribution is -0.120. The summed E-state index contributed by atoms with van der Waals surface area (Å²) in [6.45, 7) is 3.00. The van der Waals surface area contributed by atoms with E-state index in [0.29, 0.717) is 6.54 Å². The fraction of sp³-hybridized carbons (Fsp3) is 0.571. The summed E-state index contributed by atoms with van der Waals surface area (Å²) in [6, 6.07) is 3.30. The van der Waals surface area contributed by atoms with Crippen molar-refractivity contribution in [3.8, 4) is 0 Å². The summed E-state index contributed by atoms with van der Waals surface area (Å²) in [4.78, 5) is 25.6. The topological polar surface area (TPSA) is 84.7 Å². The van der Waals surface area contributed by atoms with Crippen LogP contribution < -0.4 is 11.1 Å². The van der Waals surface area contributed by atoms with Crippen molar-refractivity contribution >= 4 is 23.3 Å². The Bertz CT molecular complexity index is 458. The molecule has 1 atom stereocenters. The Hall–Kier alpha value is -1.44. The van der Waals surface area contributed by atoms with E-state index in [4.69, 9.17) is 10.5 Å². The Morgan fingerprint density at radius 1 is 1.52 bits per heavy atom. The zero-order chi connectivity index (χ0) is 15.1. The van der Waals surface area contributed by atoms with Gasteiger partial charge in [0.2, 0.25) is 5.91 Å². The van der Waals surface area contributed by atoms with E-state index in [1.165, 1.54) is 4.88 Å². The Balaban J connectivity index is 1.84. The zero-order valence-corrected chi connectivity index (χ0v) is 12.7. The minimum atomic E-state index is -0.802. The highest BCUT2D eigenvalue weighted by atomic mass is 32.1. The predicted molar refractivity (Wildman–Crippen MR) is 80.9 cm³/mol. The van der Waals surface area contributed by atoms with E-state index in [2.05, 4.69) is 16.3 Å². The fourth-order valence-corrected chi connectivity index (χ4v) is 3.14. The molecule has 1 aliphatic heterocycles. The smallest absolute Gasteiger partial charge is 0.318 e. The molecule has 116 valence electrons. The molecule has 3 N–H and O–H groups in total.